The largest absolute Gasteiger partial charge is 0.493 e. The molecule has 1 aliphatic heterocycles. The number of cyclic esters (lactones) is 1. The summed E-state index contributed by atoms with van der Waals surface area (Å²) in [6.07, 6.45) is -0.818. The van der Waals surface area contributed by atoms with Gasteiger partial charge in [0.2, 0.25) is 0 Å². The highest BCUT2D eigenvalue weighted by molar-refractivity contribution is 6.01. The maximum absolute atomic E-state index is 12.5. The molecule has 1 N–H and O–H groups in total. The van der Waals surface area contributed by atoms with E-state index in [0.29, 0.717) is 17.1 Å². The quantitative estimate of drug-likeness (QED) is 0.595. The molecule has 1 aromatic rings. The van der Waals surface area contributed by atoms with Crippen molar-refractivity contribution in [2.45, 2.75) is 32.8 Å². The highest BCUT2D eigenvalue weighted by Gasteiger charge is 2.60. The van der Waals surface area contributed by atoms with E-state index >= 15 is 0 Å². The molecule has 1 unspecified atom stereocenters. The zero-order valence-corrected chi connectivity index (χ0v) is 14.7. The molecule has 136 valence electrons. The normalized spacial score (nSPS) is 25.4. The van der Waals surface area contributed by atoms with Crippen LogP contribution in [0.4, 0.5) is 0 Å². The van der Waals surface area contributed by atoms with Crippen LogP contribution in [0.25, 0.3) is 0 Å². The molecule has 1 heterocycles. The fourth-order valence-corrected chi connectivity index (χ4v) is 3.25. The molecule has 1 aliphatic rings. The molecule has 3 atom stereocenters. The van der Waals surface area contributed by atoms with E-state index in [-0.39, 0.29) is 18.6 Å². The maximum atomic E-state index is 12.5. The van der Waals surface area contributed by atoms with Gasteiger partial charge in [-0.2, -0.15) is 0 Å². The van der Waals surface area contributed by atoms with Gasteiger partial charge >= 0.3 is 11.9 Å². The summed E-state index contributed by atoms with van der Waals surface area (Å²) in [7, 11) is 2.99. The summed E-state index contributed by atoms with van der Waals surface area (Å²) < 4.78 is 15.8. The molecule has 0 bridgehead atoms. The Morgan fingerprint density at radius 3 is 2.40 bits per heavy atom. The van der Waals surface area contributed by atoms with Crippen LogP contribution in [0, 0.1) is 11.3 Å². The van der Waals surface area contributed by atoms with Crippen molar-refractivity contribution < 1.29 is 33.7 Å². The molecule has 7 heteroatoms. The van der Waals surface area contributed by atoms with Gasteiger partial charge in [0.25, 0.3) is 0 Å². The Hall–Kier alpha value is -2.57. The number of hydrogen-bond donors (Lipinski definition) is 1. The molecule has 25 heavy (non-hydrogen) atoms. The lowest BCUT2D eigenvalue weighted by molar-refractivity contribution is -0.162. The molecule has 1 aromatic carbocycles. The van der Waals surface area contributed by atoms with Crippen LogP contribution in [0.2, 0.25) is 0 Å². The molecule has 1 saturated heterocycles. The number of carboxylic acid groups (broad SMARTS) is 1. The first-order chi connectivity index (χ1) is 11.8. The summed E-state index contributed by atoms with van der Waals surface area (Å²) >= 11 is 0. The number of ether oxygens (including phenoxy) is 3. The highest BCUT2D eigenvalue weighted by Crippen LogP contribution is 2.51. The maximum Gasteiger partial charge on any atom is 0.324 e. The first-order valence-electron chi connectivity index (χ1n) is 7.93. The van der Waals surface area contributed by atoms with Crippen LogP contribution in [-0.4, -0.2) is 37.0 Å². The van der Waals surface area contributed by atoms with Crippen molar-refractivity contribution in [3.05, 3.63) is 23.8 Å². The van der Waals surface area contributed by atoms with Crippen LogP contribution < -0.4 is 9.47 Å². The van der Waals surface area contributed by atoms with E-state index in [1.807, 2.05) is 0 Å². The third-order valence-corrected chi connectivity index (χ3v) is 4.82. The van der Waals surface area contributed by atoms with Gasteiger partial charge in [0.1, 0.15) is 11.9 Å². The van der Waals surface area contributed by atoms with Gasteiger partial charge in [-0.15, -0.1) is 0 Å². The number of rotatable bonds is 7. The molecule has 0 aromatic heterocycles. The van der Waals surface area contributed by atoms with Gasteiger partial charge in [-0.25, -0.2) is 0 Å². The number of aliphatic carboxylic acids is 1. The van der Waals surface area contributed by atoms with Gasteiger partial charge in [-0.1, -0.05) is 13.0 Å². The second-order valence-electron chi connectivity index (χ2n) is 6.21. The number of Topliss-reactive ketones (excluding diaryl/α,β-unsaturated/α-hetero) is 1. The Morgan fingerprint density at radius 1 is 1.24 bits per heavy atom. The Labute approximate surface area is 145 Å². The Morgan fingerprint density at radius 2 is 1.88 bits per heavy atom. The molecule has 2 rings (SSSR count). The van der Waals surface area contributed by atoms with E-state index in [2.05, 4.69) is 0 Å². The van der Waals surface area contributed by atoms with Crippen LogP contribution >= 0.6 is 0 Å². The predicted molar refractivity (Wildman–Crippen MR) is 87.5 cm³/mol. The van der Waals surface area contributed by atoms with Crippen LogP contribution in [0.15, 0.2) is 18.2 Å². The standard InChI is InChI=1S/C18H22O7/c1-10(19)7-8-18(16(20)21)11(2)15(25-17(18)22)12-5-6-13(23-3)14(9-12)24-4/h5-6,9,11,15H,7-8H2,1-4H3,(H,20,21)/t11-,15-,18?/m1/s1. The number of carbonyl (C=O) groups is 3. The summed E-state index contributed by atoms with van der Waals surface area (Å²) in [5.41, 5.74) is -1.12. The van der Waals surface area contributed by atoms with Crippen molar-refractivity contribution in [2.24, 2.45) is 11.3 Å². The van der Waals surface area contributed by atoms with Crippen molar-refractivity contribution in [1.82, 2.24) is 0 Å². The summed E-state index contributed by atoms with van der Waals surface area (Å²) in [5.74, 6) is -1.92. The molecule has 0 aliphatic carbocycles. The minimum Gasteiger partial charge on any atom is -0.493 e. The molecule has 7 nitrogen and oxygen atoms in total. The second kappa shape index (κ2) is 7.13. The summed E-state index contributed by atoms with van der Waals surface area (Å²) in [5, 5.41) is 9.71. The molecular weight excluding hydrogens is 328 g/mol. The number of carbonyl (C=O) groups excluding carboxylic acids is 2. The average molecular weight is 350 g/mol. The van der Waals surface area contributed by atoms with E-state index in [9.17, 15) is 19.5 Å². The van der Waals surface area contributed by atoms with Gasteiger partial charge in [0.15, 0.2) is 16.9 Å². The lowest BCUT2D eigenvalue weighted by atomic mass is 9.71. The fraction of sp³-hybridized carbons (Fsp3) is 0.500. The molecule has 0 saturated carbocycles. The van der Waals surface area contributed by atoms with Crippen molar-refractivity contribution in [1.29, 1.82) is 0 Å². The average Bonchev–Trinajstić information content (AvgIpc) is 2.84. The first-order valence-corrected chi connectivity index (χ1v) is 7.93. The van der Waals surface area contributed by atoms with E-state index in [1.54, 1.807) is 25.1 Å². The lowest BCUT2D eigenvalue weighted by Gasteiger charge is -2.25. The number of benzene rings is 1. The van der Waals surface area contributed by atoms with Crippen molar-refractivity contribution >= 4 is 17.7 Å². The SMILES string of the molecule is COc1ccc([C@@H]2OC(=O)C(CCC(C)=O)(C(=O)O)[C@@H]2C)cc1OC. The van der Waals surface area contributed by atoms with Gasteiger partial charge in [-0.05, 0) is 31.0 Å². The zero-order valence-electron chi connectivity index (χ0n) is 14.7. The van der Waals surface area contributed by atoms with Gasteiger partial charge in [0, 0.05) is 12.3 Å². The molecular formula is C18H22O7. The van der Waals surface area contributed by atoms with E-state index in [1.165, 1.54) is 21.1 Å². The number of esters is 1. The van der Waals surface area contributed by atoms with Crippen molar-refractivity contribution in [3.63, 3.8) is 0 Å². The van der Waals surface area contributed by atoms with Crippen molar-refractivity contribution in [2.75, 3.05) is 14.2 Å². The number of carboxylic acids is 1. The molecule has 0 amide bonds. The second-order valence-corrected chi connectivity index (χ2v) is 6.21. The van der Waals surface area contributed by atoms with Crippen LogP contribution in [0.1, 0.15) is 38.4 Å². The van der Waals surface area contributed by atoms with E-state index in [4.69, 9.17) is 14.2 Å². The minimum atomic E-state index is -1.73. The summed E-state index contributed by atoms with van der Waals surface area (Å²) in [4.78, 5) is 35.7. The highest BCUT2D eigenvalue weighted by atomic mass is 16.6. The van der Waals surface area contributed by atoms with Gasteiger partial charge < -0.3 is 24.1 Å². The Bertz CT molecular complexity index is 697. The fourth-order valence-electron chi connectivity index (χ4n) is 3.25. The topological polar surface area (TPSA) is 99.1 Å². The minimum absolute atomic E-state index is 0.00436. The van der Waals surface area contributed by atoms with E-state index < -0.39 is 29.4 Å². The Balaban J connectivity index is 2.40. The van der Waals surface area contributed by atoms with Crippen molar-refractivity contribution in [3.8, 4) is 11.5 Å². The predicted octanol–water partition coefficient (Wildman–Crippen LogP) is 2.38. The summed E-state index contributed by atoms with van der Waals surface area (Å²) in [6, 6.07) is 5.04. The zero-order chi connectivity index (χ0) is 18.8. The smallest absolute Gasteiger partial charge is 0.324 e. The molecule has 0 radical (unpaired) electrons. The first kappa shape index (κ1) is 18.8. The molecule has 1 fully saturated rings. The van der Waals surface area contributed by atoms with Crippen LogP contribution in [-0.2, 0) is 19.1 Å². The van der Waals surface area contributed by atoms with Crippen LogP contribution in [0.3, 0.4) is 0 Å². The number of ketones is 1. The lowest BCUT2D eigenvalue weighted by Crippen LogP contribution is -2.41. The third kappa shape index (κ3) is 3.18. The third-order valence-electron chi connectivity index (χ3n) is 4.82. The van der Waals surface area contributed by atoms with Gasteiger partial charge in [-0.3, -0.25) is 9.59 Å². The monoisotopic (exact) mass is 350 g/mol. The summed E-state index contributed by atoms with van der Waals surface area (Å²) in [6.45, 7) is 3.02. The van der Waals surface area contributed by atoms with Gasteiger partial charge in [0.05, 0.1) is 14.2 Å². The number of hydrogen-bond acceptors (Lipinski definition) is 6. The number of methoxy groups -OCH3 is 2. The molecule has 0 spiro atoms. The van der Waals surface area contributed by atoms with Crippen LogP contribution in [0.5, 0.6) is 11.5 Å². The Kier molecular flexibility index (Phi) is 5.35. The van der Waals surface area contributed by atoms with E-state index in [0.717, 1.165) is 0 Å².